The fourth-order valence-electron chi connectivity index (χ4n) is 3.64. The van der Waals surface area contributed by atoms with Crippen LogP contribution in [0.3, 0.4) is 0 Å². The van der Waals surface area contributed by atoms with Gasteiger partial charge in [0, 0.05) is 28.5 Å². The first-order valence-electron chi connectivity index (χ1n) is 9.71. The number of hydrogen-bond donors (Lipinski definition) is 1. The number of nitrogens with zero attached hydrogens (tertiary/aromatic N) is 2. The van der Waals surface area contributed by atoms with Crippen molar-refractivity contribution in [2.45, 2.75) is 31.7 Å². The number of carbonyl (C=O) groups is 2. The van der Waals surface area contributed by atoms with Gasteiger partial charge in [0.2, 0.25) is 5.91 Å². The highest BCUT2D eigenvalue weighted by molar-refractivity contribution is 6.34. The molecule has 1 aliphatic heterocycles. The topological polar surface area (TPSA) is 61.8 Å². The van der Waals surface area contributed by atoms with Gasteiger partial charge in [-0.25, -0.2) is 9.40 Å². The first kappa shape index (κ1) is 19.6. The van der Waals surface area contributed by atoms with E-state index in [9.17, 15) is 14.0 Å². The molecule has 2 amide bonds. The van der Waals surface area contributed by atoms with Crippen molar-refractivity contribution < 1.29 is 14.0 Å². The van der Waals surface area contributed by atoms with Crippen LogP contribution >= 0.6 is 11.6 Å². The van der Waals surface area contributed by atoms with E-state index in [4.69, 9.17) is 11.6 Å². The first-order chi connectivity index (χ1) is 14.0. The Morgan fingerprint density at radius 1 is 1.14 bits per heavy atom. The quantitative estimate of drug-likeness (QED) is 0.803. The van der Waals surface area contributed by atoms with Crippen molar-refractivity contribution >= 4 is 29.1 Å². The highest BCUT2D eigenvalue weighted by Crippen LogP contribution is 2.35. The molecule has 5 nitrogen and oxygen atoms in total. The van der Waals surface area contributed by atoms with Gasteiger partial charge in [-0.05, 0) is 25.0 Å². The number of rotatable bonds is 5. The Morgan fingerprint density at radius 2 is 1.86 bits per heavy atom. The van der Waals surface area contributed by atoms with Crippen LogP contribution in [-0.2, 0) is 9.59 Å². The summed E-state index contributed by atoms with van der Waals surface area (Å²) in [7, 11) is 0. The predicted molar refractivity (Wildman–Crippen MR) is 109 cm³/mol. The molecule has 0 bridgehead atoms. The van der Waals surface area contributed by atoms with Gasteiger partial charge in [0.15, 0.2) is 0 Å². The standard InChI is InChI=1S/C22H21ClFN3O2/c23-17-10-3-1-8-15(17)19-12-20(16-9-2-4-11-18(16)24)27(26-19)21(28)13-25-22(29)14-6-5-7-14/h1-4,8-11,14,20H,5-7,12-13H2,(H,25,29)/t20-/m0/s1. The van der Waals surface area contributed by atoms with Gasteiger partial charge in [-0.15, -0.1) is 0 Å². The Labute approximate surface area is 173 Å². The molecule has 0 saturated heterocycles. The van der Waals surface area contributed by atoms with E-state index in [1.54, 1.807) is 24.3 Å². The van der Waals surface area contributed by atoms with Crippen LogP contribution in [-0.4, -0.2) is 29.1 Å². The molecule has 0 radical (unpaired) electrons. The third kappa shape index (κ3) is 4.03. The number of halogens is 2. The molecule has 2 aromatic carbocycles. The first-order valence-corrected chi connectivity index (χ1v) is 10.1. The number of benzene rings is 2. The van der Waals surface area contributed by atoms with E-state index in [-0.39, 0.29) is 24.3 Å². The Hall–Kier alpha value is -2.73. The molecule has 4 rings (SSSR count). The van der Waals surface area contributed by atoms with E-state index >= 15 is 0 Å². The van der Waals surface area contributed by atoms with E-state index in [1.807, 2.05) is 18.2 Å². The Morgan fingerprint density at radius 3 is 2.55 bits per heavy atom. The van der Waals surface area contributed by atoms with E-state index in [0.717, 1.165) is 19.3 Å². The lowest BCUT2D eigenvalue weighted by Gasteiger charge is -2.25. The van der Waals surface area contributed by atoms with E-state index in [1.165, 1.54) is 11.1 Å². The van der Waals surface area contributed by atoms with Crippen molar-refractivity contribution in [1.82, 2.24) is 10.3 Å². The zero-order valence-electron chi connectivity index (χ0n) is 15.8. The molecule has 0 spiro atoms. The van der Waals surface area contributed by atoms with Crippen molar-refractivity contribution in [2.75, 3.05) is 6.54 Å². The highest BCUT2D eigenvalue weighted by Gasteiger charge is 2.35. The number of amides is 2. The average molecular weight is 414 g/mol. The molecule has 1 N–H and O–H groups in total. The molecule has 150 valence electrons. The SMILES string of the molecule is O=C(NCC(=O)N1N=C(c2ccccc2Cl)C[C@H]1c1ccccc1F)C1CCC1. The molecule has 1 aliphatic carbocycles. The monoisotopic (exact) mass is 413 g/mol. The van der Waals surface area contributed by atoms with Crippen LogP contribution in [0.15, 0.2) is 53.6 Å². The van der Waals surface area contributed by atoms with Gasteiger partial charge >= 0.3 is 0 Å². The molecular formula is C22H21ClFN3O2. The fourth-order valence-corrected chi connectivity index (χ4v) is 3.89. The highest BCUT2D eigenvalue weighted by atomic mass is 35.5. The van der Waals surface area contributed by atoms with Crippen LogP contribution < -0.4 is 5.32 Å². The van der Waals surface area contributed by atoms with E-state index < -0.39 is 11.9 Å². The van der Waals surface area contributed by atoms with Crippen LogP contribution in [0, 0.1) is 11.7 Å². The minimum absolute atomic E-state index is 0.00840. The maximum absolute atomic E-state index is 14.5. The van der Waals surface area contributed by atoms with Gasteiger partial charge in [-0.1, -0.05) is 54.4 Å². The van der Waals surface area contributed by atoms with Gasteiger partial charge in [0.1, 0.15) is 5.82 Å². The summed E-state index contributed by atoms with van der Waals surface area (Å²) in [6.45, 7) is -0.167. The normalized spacial score (nSPS) is 18.9. The maximum atomic E-state index is 14.5. The van der Waals surface area contributed by atoms with Crippen molar-refractivity contribution in [3.8, 4) is 0 Å². The smallest absolute Gasteiger partial charge is 0.262 e. The molecule has 7 heteroatoms. The summed E-state index contributed by atoms with van der Waals surface area (Å²) in [4.78, 5) is 25.0. The molecule has 0 unspecified atom stereocenters. The van der Waals surface area contributed by atoms with E-state index in [0.29, 0.717) is 28.3 Å². The second-order valence-corrected chi connectivity index (χ2v) is 7.76. The van der Waals surface area contributed by atoms with Crippen molar-refractivity contribution in [2.24, 2.45) is 11.0 Å². The predicted octanol–water partition coefficient (Wildman–Crippen LogP) is 4.07. The summed E-state index contributed by atoms with van der Waals surface area (Å²) < 4.78 is 14.5. The lowest BCUT2D eigenvalue weighted by Crippen LogP contribution is -2.41. The molecular weight excluding hydrogens is 393 g/mol. The van der Waals surface area contributed by atoms with Crippen molar-refractivity contribution in [3.05, 3.63) is 70.5 Å². The van der Waals surface area contributed by atoms with E-state index in [2.05, 4.69) is 10.4 Å². The van der Waals surface area contributed by atoms with Crippen LogP contribution in [0.1, 0.15) is 42.9 Å². The number of hydrogen-bond acceptors (Lipinski definition) is 3. The summed E-state index contributed by atoms with van der Waals surface area (Å²) in [5.41, 5.74) is 1.71. The van der Waals surface area contributed by atoms with Crippen LogP contribution in [0.4, 0.5) is 4.39 Å². The molecule has 2 aliphatic rings. The minimum Gasteiger partial charge on any atom is -0.347 e. The zero-order chi connectivity index (χ0) is 20.4. The Kier molecular flexibility index (Phi) is 5.62. The molecule has 0 aromatic heterocycles. The molecule has 1 saturated carbocycles. The summed E-state index contributed by atoms with van der Waals surface area (Å²) >= 11 is 6.30. The van der Waals surface area contributed by atoms with Gasteiger partial charge in [0.05, 0.1) is 18.3 Å². The van der Waals surface area contributed by atoms with Crippen LogP contribution in [0.2, 0.25) is 5.02 Å². The second-order valence-electron chi connectivity index (χ2n) is 7.35. The van der Waals surface area contributed by atoms with Gasteiger partial charge in [0.25, 0.3) is 5.91 Å². The summed E-state index contributed by atoms with van der Waals surface area (Å²) in [6.07, 6.45) is 3.10. The molecule has 1 fully saturated rings. The largest absolute Gasteiger partial charge is 0.347 e. The number of nitrogens with one attached hydrogen (secondary N) is 1. The minimum atomic E-state index is -0.587. The van der Waals surface area contributed by atoms with Gasteiger partial charge < -0.3 is 5.32 Å². The lowest BCUT2D eigenvalue weighted by molar-refractivity contribution is -0.136. The molecule has 29 heavy (non-hydrogen) atoms. The molecule has 2 aromatic rings. The number of carbonyl (C=O) groups excluding carboxylic acids is 2. The summed E-state index contributed by atoms with van der Waals surface area (Å²) in [5, 5.41) is 8.96. The van der Waals surface area contributed by atoms with Crippen molar-refractivity contribution in [3.63, 3.8) is 0 Å². The van der Waals surface area contributed by atoms with Crippen molar-refractivity contribution in [1.29, 1.82) is 0 Å². The van der Waals surface area contributed by atoms with Gasteiger partial charge in [-0.3, -0.25) is 9.59 Å². The zero-order valence-corrected chi connectivity index (χ0v) is 16.5. The second kappa shape index (κ2) is 8.33. The average Bonchev–Trinajstić information content (AvgIpc) is 3.10. The maximum Gasteiger partial charge on any atom is 0.262 e. The van der Waals surface area contributed by atoms with Crippen LogP contribution in [0.25, 0.3) is 0 Å². The third-order valence-electron chi connectivity index (χ3n) is 5.50. The van der Waals surface area contributed by atoms with Gasteiger partial charge in [-0.2, -0.15) is 5.10 Å². The third-order valence-corrected chi connectivity index (χ3v) is 5.83. The Bertz CT molecular complexity index is 974. The molecule has 1 atom stereocenters. The summed E-state index contributed by atoms with van der Waals surface area (Å²) in [6, 6.07) is 13.0. The van der Waals surface area contributed by atoms with Crippen LogP contribution in [0.5, 0.6) is 0 Å². The Balaban J connectivity index is 1.58. The fraction of sp³-hybridized carbons (Fsp3) is 0.318. The summed E-state index contributed by atoms with van der Waals surface area (Å²) in [5.74, 6) is -0.898. The lowest BCUT2D eigenvalue weighted by atomic mass is 9.85. The number of hydrazone groups is 1. The molecule has 1 heterocycles.